The van der Waals surface area contributed by atoms with Crippen LogP contribution in [0.5, 0.6) is 0 Å². The molecule has 1 aromatic carbocycles. The number of nitrogens with zero attached hydrogens (tertiary/aromatic N) is 1. The van der Waals surface area contributed by atoms with Crippen LogP contribution >= 0.6 is 11.3 Å². The number of esters is 1. The number of carbonyl (C=O) groups excluding carboxylic acids is 1. The van der Waals surface area contributed by atoms with Crippen molar-refractivity contribution in [1.29, 1.82) is 0 Å². The summed E-state index contributed by atoms with van der Waals surface area (Å²) in [5, 5.41) is 0. The van der Waals surface area contributed by atoms with Gasteiger partial charge in [0.2, 0.25) is 0 Å². The van der Waals surface area contributed by atoms with Crippen LogP contribution in [0, 0.1) is 0 Å². The van der Waals surface area contributed by atoms with Gasteiger partial charge in [-0.15, -0.1) is 11.3 Å². The summed E-state index contributed by atoms with van der Waals surface area (Å²) in [6.07, 6.45) is 3.84. The standard InChI is InChI=1S/C16H13NO2S/c1-19-16(18)15-13(17-9-5-6-10-17)11-14(20-15)12-7-3-2-4-8-12/h2-11H,1H3. The first-order valence-electron chi connectivity index (χ1n) is 6.20. The molecule has 3 aromatic rings. The zero-order valence-electron chi connectivity index (χ0n) is 10.9. The first-order valence-corrected chi connectivity index (χ1v) is 7.02. The van der Waals surface area contributed by atoms with E-state index in [0.717, 1.165) is 16.1 Å². The maximum absolute atomic E-state index is 11.9. The summed E-state index contributed by atoms with van der Waals surface area (Å²) < 4.78 is 6.81. The van der Waals surface area contributed by atoms with E-state index >= 15 is 0 Å². The van der Waals surface area contributed by atoms with Crippen molar-refractivity contribution in [2.45, 2.75) is 0 Å². The fourth-order valence-corrected chi connectivity index (χ4v) is 3.13. The Labute approximate surface area is 121 Å². The Kier molecular flexibility index (Phi) is 3.39. The summed E-state index contributed by atoms with van der Waals surface area (Å²) in [6.45, 7) is 0. The molecule has 0 aliphatic heterocycles. The number of aromatic nitrogens is 1. The van der Waals surface area contributed by atoms with Crippen LogP contribution < -0.4 is 0 Å². The molecule has 4 heteroatoms. The second-order valence-electron chi connectivity index (χ2n) is 4.27. The molecule has 2 heterocycles. The van der Waals surface area contributed by atoms with Gasteiger partial charge in [-0.1, -0.05) is 30.3 Å². The molecule has 0 radical (unpaired) electrons. The van der Waals surface area contributed by atoms with Crippen LogP contribution in [-0.2, 0) is 4.74 Å². The SMILES string of the molecule is COC(=O)c1sc(-c2ccccc2)cc1-n1cccc1. The second kappa shape index (κ2) is 5.35. The van der Waals surface area contributed by atoms with Gasteiger partial charge in [0.25, 0.3) is 0 Å². The van der Waals surface area contributed by atoms with Crippen molar-refractivity contribution in [2.24, 2.45) is 0 Å². The molecular formula is C16H13NO2S. The van der Waals surface area contributed by atoms with Crippen molar-refractivity contribution in [3.8, 4) is 16.1 Å². The molecule has 0 spiro atoms. The topological polar surface area (TPSA) is 31.2 Å². The fraction of sp³-hybridized carbons (Fsp3) is 0.0625. The third kappa shape index (κ3) is 2.26. The van der Waals surface area contributed by atoms with Crippen molar-refractivity contribution in [2.75, 3.05) is 7.11 Å². The van der Waals surface area contributed by atoms with Crippen molar-refractivity contribution in [3.05, 3.63) is 65.8 Å². The van der Waals surface area contributed by atoms with E-state index in [-0.39, 0.29) is 5.97 Å². The molecule has 0 aliphatic carbocycles. The highest BCUT2D eigenvalue weighted by Crippen LogP contribution is 2.34. The highest BCUT2D eigenvalue weighted by Gasteiger charge is 2.18. The number of carbonyl (C=O) groups is 1. The van der Waals surface area contributed by atoms with E-state index in [1.165, 1.54) is 18.4 Å². The van der Waals surface area contributed by atoms with Gasteiger partial charge in [-0.2, -0.15) is 0 Å². The molecule has 0 atom stereocenters. The number of methoxy groups -OCH3 is 1. The minimum atomic E-state index is -0.305. The molecular weight excluding hydrogens is 270 g/mol. The Balaban J connectivity index is 2.14. The smallest absolute Gasteiger partial charge is 0.350 e. The zero-order chi connectivity index (χ0) is 13.9. The normalized spacial score (nSPS) is 10.4. The van der Waals surface area contributed by atoms with Crippen LogP contribution in [0.4, 0.5) is 0 Å². The van der Waals surface area contributed by atoms with Crippen LogP contribution in [0.15, 0.2) is 60.9 Å². The molecule has 0 N–H and O–H groups in total. The van der Waals surface area contributed by atoms with Crippen molar-refractivity contribution >= 4 is 17.3 Å². The van der Waals surface area contributed by atoms with Gasteiger partial charge in [-0.05, 0) is 23.8 Å². The average Bonchev–Trinajstić information content (AvgIpc) is 3.16. The summed E-state index contributed by atoms with van der Waals surface area (Å²) in [5.74, 6) is -0.305. The lowest BCUT2D eigenvalue weighted by atomic mass is 10.2. The largest absolute Gasteiger partial charge is 0.465 e. The van der Waals surface area contributed by atoms with E-state index in [9.17, 15) is 4.79 Å². The van der Waals surface area contributed by atoms with Crippen molar-refractivity contribution in [3.63, 3.8) is 0 Å². The molecule has 0 unspecified atom stereocenters. The number of thiophene rings is 1. The van der Waals surface area contributed by atoms with Gasteiger partial charge < -0.3 is 9.30 Å². The fourth-order valence-electron chi connectivity index (χ4n) is 2.05. The van der Waals surface area contributed by atoms with Gasteiger partial charge in [0, 0.05) is 17.3 Å². The van der Waals surface area contributed by atoms with E-state index in [1.807, 2.05) is 65.5 Å². The quantitative estimate of drug-likeness (QED) is 0.680. The molecule has 0 saturated heterocycles. The summed E-state index contributed by atoms with van der Waals surface area (Å²) >= 11 is 1.45. The van der Waals surface area contributed by atoms with Crippen LogP contribution in [0.2, 0.25) is 0 Å². The summed E-state index contributed by atoms with van der Waals surface area (Å²) in [7, 11) is 1.41. The number of hydrogen-bond donors (Lipinski definition) is 0. The Bertz CT molecular complexity index is 714. The predicted octanol–water partition coefficient (Wildman–Crippen LogP) is 3.99. The lowest BCUT2D eigenvalue weighted by molar-refractivity contribution is 0.0606. The summed E-state index contributed by atoms with van der Waals surface area (Å²) in [6, 6.07) is 15.9. The van der Waals surface area contributed by atoms with Gasteiger partial charge in [0.15, 0.2) is 0 Å². The van der Waals surface area contributed by atoms with Gasteiger partial charge in [-0.3, -0.25) is 0 Å². The van der Waals surface area contributed by atoms with E-state index < -0.39 is 0 Å². The molecule has 100 valence electrons. The zero-order valence-corrected chi connectivity index (χ0v) is 11.8. The first-order chi connectivity index (χ1) is 9.79. The van der Waals surface area contributed by atoms with E-state index in [0.29, 0.717) is 4.88 Å². The van der Waals surface area contributed by atoms with E-state index in [1.54, 1.807) is 0 Å². The molecule has 0 fully saturated rings. The maximum Gasteiger partial charge on any atom is 0.350 e. The van der Waals surface area contributed by atoms with Gasteiger partial charge in [-0.25, -0.2) is 4.79 Å². The van der Waals surface area contributed by atoms with Crippen LogP contribution in [0.3, 0.4) is 0 Å². The minimum Gasteiger partial charge on any atom is -0.465 e. The number of ether oxygens (including phenoxy) is 1. The van der Waals surface area contributed by atoms with Crippen molar-refractivity contribution in [1.82, 2.24) is 4.57 Å². The Morgan fingerprint density at radius 3 is 2.45 bits per heavy atom. The molecule has 20 heavy (non-hydrogen) atoms. The molecule has 2 aromatic heterocycles. The lowest BCUT2D eigenvalue weighted by Gasteiger charge is -2.02. The molecule has 3 rings (SSSR count). The number of benzene rings is 1. The number of hydrogen-bond acceptors (Lipinski definition) is 3. The van der Waals surface area contributed by atoms with Gasteiger partial charge in [0.05, 0.1) is 12.8 Å². The third-order valence-corrected chi connectivity index (χ3v) is 4.18. The minimum absolute atomic E-state index is 0.305. The Morgan fingerprint density at radius 1 is 1.10 bits per heavy atom. The molecule has 0 aliphatic rings. The van der Waals surface area contributed by atoms with Crippen LogP contribution in [0.1, 0.15) is 9.67 Å². The summed E-state index contributed by atoms with van der Waals surface area (Å²) in [4.78, 5) is 13.6. The summed E-state index contributed by atoms with van der Waals surface area (Å²) in [5.41, 5.74) is 1.95. The lowest BCUT2D eigenvalue weighted by Crippen LogP contribution is -2.02. The average molecular weight is 283 g/mol. The van der Waals surface area contributed by atoms with Gasteiger partial charge in [0.1, 0.15) is 4.88 Å². The number of rotatable bonds is 3. The monoisotopic (exact) mass is 283 g/mol. The maximum atomic E-state index is 11.9. The second-order valence-corrected chi connectivity index (χ2v) is 5.33. The van der Waals surface area contributed by atoms with Crippen molar-refractivity contribution < 1.29 is 9.53 Å². The van der Waals surface area contributed by atoms with Gasteiger partial charge >= 0.3 is 5.97 Å². The molecule has 0 amide bonds. The van der Waals surface area contributed by atoms with Crippen LogP contribution in [-0.4, -0.2) is 17.6 Å². The molecule has 3 nitrogen and oxygen atoms in total. The highest BCUT2D eigenvalue weighted by atomic mass is 32.1. The first kappa shape index (κ1) is 12.7. The van der Waals surface area contributed by atoms with E-state index in [2.05, 4.69) is 0 Å². The highest BCUT2D eigenvalue weighted by molar-refractivity contribution is 7.17. The Morgan fingerprint density at radius 2 is 1.80 bits per heavy atom. The molecule has 0 saturated carbocycles. The van der Waals surface area contributed by atoms with Crippen LogP contribution in [0.25, 0.3) is 16.1 Å². The van der Waals surface area contributed by atoms with E-state index in [4.69, 9.17) is 4.74 Å². The third-order valence-electron chi connectivity index (χ3n) is 3.02. The molecule has 0 bridgehead atoms. The Hall–Kier alpha value is -2.33. The predicted molar refractivity (Wildman–Crippen MR) is 80.4 cm³/mol.